The quantitative estimate of drug-likeness (QED) is 0.734. The number of methoxy groups -OCH3 is 1. The molecule has 1 saturated heterocycles. The van der Waals surface area contributed by atoms with Crippen molar-refractivity contribution in [1.29, 1.82) is 0 Å². The molecule has 0 aliphatic carbocycles. The van der Waals surface area contributed by atoms with Crippen molar-refractivity contribution < 1.29 is 17.9 Å². The lowest BCUT2D eigenvalue weighted by Gasteiger charge is -2.19. The van der Waals surface area contributed by atoms with E-state index in [1.165, 1.54) is 11.4 Å². The van der Waals surface area contributed by atoms with Gasteiger partial charge in [0, 0.05) is 12.7 Å². The summed E-state index contributed by atoms with van der Waals surface area (Å²) in [7, 11) is -2.17. The summed E-state index contributed by atoms with van der Waals surface area (Å²) in [5.74, 6) is 0.822. The van der Waals surface area contributed by atoms with Crippen molar-refractivity contribution in [2.45, 2.75) is 24.3 Å². The minimum Gasteiger partial charge on any atom is -0.495 e. The summed E-state index contributed by atoms with van der Waals surface area (Å²) in [6, 6.07) is 8.77. The SMILES string of the molecule is COc1ccc(C)cc1S(=O)(=O)N1CCC(Oc2ncccc2Br)C1. The monoisotopic (exact) mass is 426 g/mol. The normalized spacial score (nSPS) is 18.3. The summed E-state index contributed by atoms with van der Waals surface area (Å²) in [5.41, 5.74) is 0.865. The van der Waals surface area contributed by atoms with Crippen molar-refractivity contribution in [3.63, 3.8) is 0 Å². The second-order valence-electron chi connectivity index (χ2n) is 5.84. The highest BCUT2D eigenvalue weighted by molar-refractivity contribution is 9.10. The first-order valence-corrected chi connectivity index (χ1v) is 10.1. The molecule has 8 heteroatoms. The number of hydrogen-bond acceptors (Lipinski definition) is 5. The van der Waals surface area contributed by atoms with Crippen LogP contribution in [0.15, 0.2) is 45.9 Å². The Hall–Kier alpha value is -1.64. The van der Waals surface area contributed by atoms with Crippen molar-refractivity contribution in [3.8, 4) is 11.6 Å². The van der Waals surface area contributed by atoms with Gasteiger partial charge in [0.1, 0.15) is 16.7 Å². The average molecular weight is 427 g/mol. The van der Waals surface area contributed by atoms with Gasteiger partial charge < -0.3 is 9.47 Å². The zero-order valence-electron chi connectivity index (χ0n) is 14.0. The molecule has 2 heterocycles. The third kappa shape index (κ3) is 3.80. The molecule has 0 amide bonds. The first-order chi connectivity index (χ1) is 11.9. The van der Waals surface area contributed by atoms with Gasteiger partial charge in [0.15, 0.2) is 0 Å². The number of hydrogen-bond donors (Lipinski definition) is 0. The van der Waals surface area contributed by atoms with Gasteiger partial charge in [-0.25, -0.2) is 13.4 Å². The maximum atomic E-state index is 13.0. The van der Waals surface area contributed by atoms with Gasteiger partial charge in [-0.1, -0.05) is 6.07 Å². The van der Waals surface area contributed by atoms with Gasteiger partial charge >= 0.3 is 0 Å². The Balaban J connectivity index is 1.79. The Morgan fingerprint density at radius 1 is 1.32 bits per heavy atom. The van der Waals surface area contributed by atoms with Crippen LogP contribution in [-0.4, -0.2) is 44.0 Å². The van der Waals surface area contributed by atoms with Gasteiger partial charge in [-0.2, -0.15) is 4.31 Å². The molecular weight excluding hydrogens is 408 g/mol. The van der Waals surface area contributed by atoms with Crippen LogP contribution in [0.25, 0.3) is 0 Å². The van der Waals surface area contributed by atoms with Crippen LogP contribution in [0, 0.1) is 6.92 Å². The number of rotatable bonds is 5. The summed E-state index contributed by atoms with van der Waals surface area (Å²) in [6.07, 6.45) is 2.01. The summed E-state index contributed by atoms with van der Waals surface area (Å²) >= 11 is 3.39. The van der Waals surface area contributed by atoms with Crippen LogP contribution in [0.3, 0.4) is 0 Å². The standard InChI is InChI=1S/C17H19BrN2O4S/c1-12-5-6-15(23-2)16(10-12)25(21,22)20-9-7-13(11-20)24-17-14(18)4-3-8-19-17/h3-6,8,10,13H,7,9,11H2,1-2H3. The van der Waals surface area contributed by atoms with Crippen LogP contribution in [0.2, 0.25) is 0 Å². The van der Waals surface area contributed by atoms with Crippen LogP contribution in [0.4, 0.5) is 0 Å². The fraction of sp³-hybridized carbons (Fsp3) is 0.353. The van der Waals surface area contributed by atoms with Gasteiger partial charge in [0.05, 0.1) is 18.1 Å². The molecule has 1 fully saturated rings. The molecule has 6 nitrogen and oxygen atoms in total. The number of aromatic nitrogens is 1. The van der Waals surface area contributed by atoms with Crippen molar-refractivity contribution in [2.75, 3.05) is 20.2 Å². The van der Waals surface area contributed by atoms with E-state index >= 15 is 0 Å². The molecule has 1 unspecified atom stereocenters. The van der Waals surface area contributed by atoms with Crippen molar-refractivity contribution in [3.05, 3.63) is 46.6 Å². The molecule has 2 aromatic rings. The first-order valence-electron chi connectivity index (χ1n) is 7.84. The topological polar surface area (TPSA) is 68.7 Å². The van der Waals surface area contributed by atoms with E-state index in [0.29, 0.717) is 24.6 Å². The maximum Gasteiger partial charge on any atom is 0.246 e. The van der Waals surface area contributed by atoms with E-state index in [1.807, 2.05) is 19.1 Å². The minimum atomic E-state index is -3.64. The summed E-state index contributed by atoms with van der Waals surface area (Å²) in [4.78, 5) is 4.36. The van der Waals surface area contributed by atoms with Crippen LogP contribution in [0.1, 0.15) is 12.0 Å². The highest BCUT2D eigenvalue weighted by Crippen LogP contribution is 2.31. The lowest BCUT2D eigenvalue weighted by molar-refractivity contribution is 0.205. The van der Waals surface area contributed by atoms with E-state index in [-0.39, 0.29) is 17.5 Å². The molecule has 0 bridgehead atoms. The number of sulfonamides is 1. The molecule has 0 saturated carbocycles. The molecule has 1 aromatic carbocycles. The van der Waals surface area contributed by atoms with Crippen LogP contribution in [0.5, 0.6) is 11.6 Å². The van der Waals surface area contributed by atoms with E-state index in [0.717, 1.165) is 10.0 Å². The summed E-state index contributed by atoms with van der Waals surface area (Å²) in [6.45, 7) is 2.53. The Morgan fingerprint density at radius 2 is 2.12 bits per heavy atom. The minimum absolute atomic E-state index is 0.190. The van der Waals surface area contributed by atoms with Crippen molar-refractivity contribution >= 4 is 26.0 Å². The lowest BCUT2D eigenvalue weighted by Crippen LogP contribution is -2.31. The molecule has 1 aliphatic rings. The van der Waals surface area contributed by atoms with Crippen LogP contribution >= 0.6 is 15.9 Å². The van der Waals surface area contributed by atoms with Gasteiger partial charge in [-0.05, 0) is 59.1 Å². The van der Waals surface area contributed by atoms with Crippen molar-refractivity contribution in [1.82, 2.24) is 9.29 Å². The molecule has 0 N–H and O–H groups in total. The van der Waals surface area contributed by atoms with E-state index < -0.39 is 10.0 Å². The highest BCUT2D eigenvalue weighted by atomic mass is 79.9. The van der Waals surface area contributed by atoms with E-state index in [1.54, 1.807) is 24.4 Å². The predicted octanol–water partition coefficient (Wildman–Crippen LogP) is 3.00. The summed E-state index contributed by atoms with van der Waals surface area (Å²) in [5, 5.41) is 0. The molecule has 0 radical (unpaired) electrons. The van der Waals surface area contributed by atoms with Crippen LogP contribution in [-0.2, 0) is 10.0 Å². The molecule has 1 atom stereocenters. The number of pyridine rings is 1. The summed E-state index contributed by atoms with van der Waals surface area (Å²) < 4.78 is 39.3. The second-order valence-corrected chi connectivity index (χ2v) is 8.60. The first kappa shape index (κ1) is 18.2. The van der Waals surface area contributed by atoms with Gasteiger partial charge in [-0.3, -0.25) is 0 Å². The van der Waals surface area contributed by atoms with Gasteiger partial charge in [0.25, 0.3) is 0 Å². The molecule has 25 heavy (non-hydrogen) atoms. The average Bonchev–Trinajstić information content (AvgIpc) is 3.06. The Bertz CT molecular complexity index is 873. The molecule has 1 aliphatic heterocycles. The zero-order chi connectivity index (χ0) is 18.0. The molecule has 1 aromatic heterocycles. The number of ether oxygens (including phenoxy) is 2. The Labute approximate surface area is 156 Å². The Morgan fingerprint density at radius 3 is 2.84 bits per heavy atom. The maximum absolute atomic E-state index is 13.0. The number of nitrogens with zero attached hydrogens (tertiary/aromatic N) is 2. The highest BCUT2D eigenvalue weighted by Gasteiger charge is 2.35. The van der Waals surface area contributed by atoms with Crippen LogP contribution < -0.4 is 9.47 Å². The van der Waals surface area contributed by atoms with Gasteiger partial charge in [0.2, 0.25) is 15.9 Å². The smallest absolute Gasteiger partial charge is 0.246 e. The molecule has 0 spiro atoms. The van der Waals surface area contributed by atoms with E-state index in [9.17, 15) is 8.42 Å². The molecule has 3 rings (SSSR count). The number of aryl methyl sites for hydroxylation is 1. The van der Waals surface area contributed by atoms with E-state index in [2.05, 4.69) is 20.9 Å². The third-order valence-corrected chi connectivity index (χ3v) is 6.54. The Kier molecular flexibility index (Phi) is 5.31. The largest absolute Gasteiger partial charge is 0.495 e. The molecule has 134 valence electrons. The number of benzene rings is 1. The zero-order valence-corrected chi connectivity index (χ0v) is 16.4. The van der Waals surface area contributed by atoms with E-state index in [4.69, 9.17) is 9.47 Å². The fourth-order valence-electron chi connectivity index (χ4n) is 2.75. The predicted molar refractivity (Wildman–Crippen MR) is 97.5 cm³/mol. The lowest BCUT2D eigenvalue weighted by atomic mass is 10.2. The third-order valence-electron chi connectivity index (χ3n) is 4.05. The van der Waals surface area contributed by atoms with Crippen molar-refractivity contribution in [2.24, 2.45) is 0 Å². The second kappa shape index (κ2) is 7.31. The fourth-order valence-corrected chi connectivity index (χ4v) is 4.83. The van der Waals surface area contributed by atoms with Gasteiger partial charge in [-0.15, -0.1) is 0 Å². The molecular formula is C17H19BrN2O4S. The number of halogens is 1.